The summed E-state index contributed by atoms with van der Waals surface area (Å²) in [6, 6.07) is 14.8. The van der Waals surface area contributed by atoms with Gasteiger partial charge in [0.25, 0.3) is 0 Å². The summed E-state index contributed by atoms with van der Waals surface area (Å²) >= 11 is 0. The molecule has 0 unspecified atom stereocenters. The minimum atomic E-state index is 0.546. The highest BCUT2D eigenvalue weighted by Crippen LogP contribution is 2.14. The third kappa shape index (κ3) is 4.93. The lowest BCUT2D eigenvalue weighted by Gasteiger charge is -2.21. The minimum Gasteiger partial charge on any atom is -0.462 e. The van der Waals surface area contributed by atoms with Gasteiger partial charge in [0, 0.05) is 26.7 Å². The van der Waals surface area contributed by atoms with E-state index >= 15 is 0 Å². The van der Waals surface area contributed by atoms with Crippen LogP contribution in [0, 0.1) is 0 Å². The van der Waals surface area contributed by atoms with Crippen molar-refractivity contribution in [3.63, 3.8) is 0 Å². The van der Waals surface area contributed by atoms with Crippen LogP contribution in [-0.4, -0.2) is 43.1 Å². The highest BCUT2D eigenvalue weighted by atomic mass is 16.5. The zero-order valence-corrected chi connectivity index (χ0v) is 13.9. The first-order chi connectivity index (χ1) is 11.3. The van der Waals surface area contributed by atoms with Gasteiger partial charge in [-0.2, -0.15) is 0 Å². The lowest BCUT2D eigenvalue weighted by atomic mass is 10.2. The number of nitrogens with zero attached hydrogens (tertiary/aromatic N) is 2. The summed E-state index contributed by atoms with van der Waals surface area (Å²) in [6.45, 7) is 6.99. The molecule has 1 aromatic carbocycles. The molecule has 1 saturated heterocycles. The van der Waals surface area contributed by atoms with Gasteiger partial charge in [0.2, 0.25) is 0 Å². The molecule has 0 N–H and O–H groups in total. The summed E-state index contributed by atoms with van der Waals surface area (Å²) < 4.78 is 10.9. The van der Waals surface area contributed by atoms with Crippen LogP contribution in [0.25, 0.3) is 0 Å². The van der Waals surface area contributed by atoms with Crippen molar-refractivity contribution in [2.24, 2.45) is 0 Å². The first kappa shape index (κ1) is 16.2. The van der Waals surface area contributed by atoms with Crippen LogP contribution in [0.3, 0.4) is 0 Å². The maximum atomic E-state index is 5.81. The molecule has 23 heavy (non-hydrogen) atoms. The van der Waals surface area contributed by atoms with Crippen molar-refractivity contribution in [2.45, 2.75) is 26.1 Å². The quantitative estimate of drug-likeness (QED) is 0.819. The first-order valence-corrected chi connectivity index (χ1v) is 8.38. The smallest absolute Gasteiger partial charge is 0.129 e. The highest BCUT2D eigenvalue weighted by molar-refractivity contribution is 5.14. The molecule has 1 aliphatic rings. The van der Waals surface area contributed by atoms with E-state index in [9.17, 15) is 0 Å². The second-order valence-electron chi connectivity index (χ2n) is 6.19. The Morgan fingerprint density at radius 3 is 2.30 bits per heavy atom. The second-order valence-corrected chi connectivity index (χ2v) is 6.19. The van der Waals surface area contributed by atoms with Gasteiger partial charge in [-0.3, -0.25) is 9.80 Å². The third-order valence-electron chi connectivity index (χ3n) is 4.31. The van der Waals surface area contributed by atoms with E-state index in [1.807, 2.05) is 6.07 Å². The van der Waals surface area contributed by atoms with E-state index in [1.54, 1.807) is 7.11 Å². The molecule has 4 nitrogen and oxygen atoms in total. The number of ether oxygens (including phenoxy) is 1. The molecule has 0 radical (unpaired) electrons. The molecule has 1 aromatic heterocycles. The number of hydrogen-bond donors (Lipinski definition) is 0. The Kier molecular flexibility index (Phi) is 5.86. The Labute approximate surface area is 138 Å². The summed E-state index contributed by atoms with van der Waals surface area (Å²) in [5.41, 5.74) is 1.40. The molecule has 0 spiro atoms. The molecule has 0 bridgehead atoms. The number of methoxy groups -OCH3 is 1. The van der Waals surface area contributed by atoms with Gasteiger partial charge in [-0.15, -0.1) is 0 Å². The lowest BCUT2D eigenvalue weighted by molar-refractivity contribution is 0.159. The topological polar surface area (TPSA) is 28.9 Å². The van der Waals surface area contributed by atoms with Gasteiger partial charge in [-0.1, -0.05) is 30.3 Å². The minimum absolute atomic E-state index is 0.546. The van der Waals surface area contributed by atoms with Crippen LogP contribution >= 0.6 is 0 Å². The number of rotatable bonds is 6. The third-order valence-corrected chi connectivity index (χ3v) is 4.31. The van der Waals surface area contributed by atoms with E-state index in [1.165, 1.54) is 18.5 Å². The monoisotopic (exact) mass is 314 g/mol. The van der Waals surface area contributed by atoms with E-state index in [2.05, 4.69) is 46.2 Å². The van der Waals surface area contributed by atoms with Crippen molar-refractivity contribution < 1.29 is 9.15 Å². The zero-order chi connectivity index (χ0) is 15.9. The summed E-state index contributed by atoms with van der Waals surface area (Å²) in [7, 11) is 1.69. The van der Waals surface area contributed by atoms with E-state index < -0.39 is 0 Å². The fourth-order valence-electron chi connectivity index (χ4n) is 3.13. The van der Waals surface area contributed by atoms with E-state index in [4.69, 9.17) is 9.15 Å². The van der Waals surface area contributed by atoms with Crippen LogP contribution in [0.2, 0.25) is 0 Å². The number of furan rings is 1. The lowest BCUT2D eigenvalue weighted by Crippen LogP contribution is -2.30. The fraction of sp³-hybridized carbons (Fsp3) is 0.474. The SMILES string of the molecule is COCc1ccc(CN2CCCN(Cc3ccccc3)CC2)o1. The molecule has 2 heterocycles. The van der Waals surface area contributed by atoms with Crippen LogP contribution in [0.15, 0.2) is 46.9 Å². The largest absolute Gasteiger partial charge is 0.462 e. The fourth-order valence-corrected chi connectivity index (χ4v) is 3.13. The van der Waals surface area contributed by atoms with Crippen molar-refractivity contribution >= 4 is 0 Å². The number of benzene rings is 1. The maximum Gasteiger partial charge on any atom is 0.129 e. The second kappa shape index (κ2) is 8.29. The Morgan fingerprint density at radius 2 is 1.57 bits per heavy atom. The standard InChI is InChI=1S/C19H26N2O2/c1-22-16-19-9-8-18(23-19)15-21-11-5-10-20(12-13-21)14-17-6-3-2-4-7-17/h2-4,6-9H,5,10-16H2,1H3. The van der Waals surface area contributed by atoms with Crippen molar-refractivity contribution in [1.82, 2.24) is 9.80 Å². The van der Waals surface area contributed by atoms with Gasteiger partial charge in [-0.25, -0.2) is 0 Å². The molecule has 0 saturated carbocycles. The summed E-state index contributed by atoms with van der Waals surface area (Å²) in [5, 5.41) is 0. The first-order valence-electron chi connectivity index (χ1n) is 8.38. The molecule has 1 aliphatic heterocycles. The predicted molar refractivity (Wildman–Crippen MR) is 91.0 cm³/mol. The number of hydrogen-bond acceptors (Lipinski definition) is 4. The van der Waals surface area contributed by atoms with E-state index in [-0.39, 0.29) is 0 Å². The predicted octanol–water partition coefficient (Wildman–Crippen LogP) is 3.13. The van der Waals surface area contributed by atoms with Gasteiger partial charge in [0.15, 0.2) is 0 Å². The summed E-state index contributed by atoms with van der Waals surface area (Å²) in [5.74, 6) is 1.94. The summed E-state index contributed by atoms with van der Waals surface area (Å²) in [6.07, 6.45) is 1.21. The molecule has 1 fully saturated rings. The van der Waals surface area contributed by atoms with Crippen molar-refractivity contribution in [2.75, 3.05) is 33.3 Å². The molecule has 0 aliphatic carbocycles. The maximum absolute atomic E-state index is 5.81. The van der Waals surface area contributed by atoms with Crippen molar-refractivity contribution in [3.8, 4) is 0 Å². The zero-order valence-electron chi connectivity index (χ0n) is 13.9. The normalized spacial score (nSPS) is 17.3. The molecule has 4 heteroatoms. The molecular weight excluding hydrogens is 288 g/mol. The van der Waals surface area contributed by atoms with E-state index in [0.29, 0.717) is 6.61 Å². The van der Waals surface area contributed by atoms with Crippen LogP contribution in [0.1, 0.15) is 23.5 Å². The Morgan fingerprint density at radius 1 is 0.870 bits per heavy atom. The van der Waals surface area contributed by atoms with Crippen LogP contribution in [0.4, 0.5) is 0 Å². The highest BCUT2D eigenvalue weighted by Gasteiger charge is 2.16. The van der Waals surface area contributed by atoms with Crippen molar-refractivity contribution in [1.29, 1.82) is 0 Å². The van der Waals surface area contributed by atoms with Gasteiger partial charge < -0.3 is 9.15 Å². The average molecular weight is 314 g/mol. The van der Waals surface area contributed by atoms with Gasteiger partial charge in [0.05, 0.1) is 6.54 Å². The van der Waals surface area contributed by atoms with Crippen LogP contribution in [-0.2, 0) is 24.4 Å². The molecule has 3 rings (SSSR count). The van der Waals surface area contributed by atoms with Gasteiger partial charge in [-0.05, 0) is 37.2 Å². The van der Waals surface area contributed by atoms with Gasteiger partial charge >= 0.3 is 0 Å². The Balaban J connectivity index is 1.49. The molecule has 0 amide bonds. The summed E-state index contributed by atoms with van der Waals surface area (Å²) in [4.78, 5) is 5.04. The molecule has 2 aromatic rings. The molecule has 124 valence electrons. The molecular formula is C19H26N2O2. The Hall–Kier alpha value is -1.62. The van der Waals surface area contributed by atoms with Crippen LogP contribution < -0.4 is 0 Å². The van der Waals surface area contributed by atoms with Crippen LogP contribution in [0.5, 0.6) is 0 Å². The van der Waals surface area contributed by atoms with Gasteiger partial charge in [0.1, 0.15) is 18.1 Å². The van der Waals surface area contributed by atoms with E-state index in [0.717, 1.165) is 44.2 Å². The van der Waals surface area contributed by atoms with Crippen molar-refractivity contribution in [3.05, 3.63) is 59.5 Å². The average Bonchev–Trinajstić information content (AvgIpc) is 2.88. The Bertz CT molecular complexity index is 582. The molecule has 0 atom stereocenters.